The van der Waals surface area contributed by atoms with E-state index in [0.29, 0.717) is 12.0 Å². The number of carbonyl (C=O) groups is 2. The molecule has 1 aromatic heterocycles. The van der Waals surface area contributed by atoms with Crippen LogP contribution in [-0.2, 0) is 28.2 Å². The van der Waals surface area contributed by atoms with E-state index in [1.54, 1.807) is 50.4 Å². The molecule has 44 heavy (non-hydrogen) atoms. The van der Waals surface area contributed by atoms with Gasteiger partial charge in [-0.15, -0.1) is 0 Å². The lowest BCUT2D eigenvalue weighted by atomic mass is 9.99. The highest BCUT2D eigenvalue weighted by Crippen LogP contribution is 2.56. The van der Waals surface area contributed by atoms with Crippen molar-refractivity contribution in [2.24, 2.45) is 17.3 Å². The predicted octanol–water partition coefficient (Wildman–Crippen LogP) is 5.20. The van der Waals surface area contributed by atoms with Gasteiger partial charge in [-0.1, -0.05) is 58.7 Å². The Balaban J connectivity index is 1.81. The monoisotopic (exact) mass is 632 g/mol. The minimum absolute atomic E-state index is 0.0772. The molecule has 2 aromatic rings. The summed E-state index contributed by atoms with van der Waals surface area (Å²) >= 11 is 0. The molecule has 13 heteroatoms. The van der Waals surface area contributed by atoms with Crippen LogP contribution in [0.2, 0.25) is 0 Å². The van der Waals surface area contributed by atoms with Gasteiger partial charge >= 0.3 is 25.4 Å². The molecule has 0 aliphatic heterocycles. The second-order valence-electron chi connectivity index (χ2n) is 11.5. The van der Waals surface area contributed by atoms with E-state index in [-0.39, 0.29) is 43.2 Å². The lowest BCUT2D eigenvalue weighted by Crippen LogP contribution is -2.36. The van der Waals surface area contributed by atoms with Crippen LogP contribution in [0.1, 0.15) is 66.7 Å². The molecule has 0 bridgehead atoms. The molecular weight excluding hydrogens is 587 g/mol. The first-order valence-corrected chi connectivity index (χ1v) is 16.6. The number of nitrogens with zero attached hydrogens (tertiary/aromatic N) is 2. The minimum Gasteiger partial charge on any atom is -0.464 e. The zero-order valence-corrected chi connectivity index (χ0v) is 27.1. The van der Waals surface area contributed by atoms with E-state index in [4.69, 9.17) is 24.3 Å². The first-order valence-electron chi connectivity index (χ1n) is 15.1. The summed E-state index contributed by atoms with van der Waals surface area (Å²) in [4.78, 5) is 41.3. The molecule has 1 heterocycles. The molecular formula is C31H45N4O8P. The number of rotatable bonds is 18. The molecule has 0 spiro atoms. The predicted molar refractivity (Wildman–Crippen MR) is 168 cm³/mol. The molecule has 1 fully saturated rings. The SMILES string of the molecule is CCCC(CCC)COC(=O)[C@H](C)NP(=O)(OCC1(COC(=O)C(C)C)C/C1=C/n1ccc(N)nc1=O)Oc1ccccc1. The maximum Gasteiger partial charge on any atom is 0.459 e. The van der Waals surface area contributed by atoms with E-state index in [0.717, 1.165) is 25.7 Å². The van der Waals surface area contributed by atoms with Crippen LogP contribution < -0.4 is 21.0 Å². The summed E-state index contributed by atoms with van der Waals surface area (Å²) in [5.74, 6) is -0.749. The van der Waals surface area contributed by atoms with E-state index in [9.17, 15) is 18.9 Å². The molecule has 1 aromatic carbocycles. The van der Waals surface area contributed by atoms with Gasteiger partial charge in [-0.05, 0) is 55.9 Å². The van der Waals surface area contributed by atoms with Crippen LogP contribution in [-0.4, -0.2) is 47.4 Å². The second-order valence-corrected chi connectivity index (χ2v) is 13.2. The topological polar surface area (TPSA) is 161 Å². The molecule has 1 aliphatic rings. The first kappa shape index (κ1) is 35.0. The number of carbonyl (C=O) groups excluding carboxylic acids is 2. The summed E-state index contributed by atoms with van der Waals surface area (Å²) in [6, 6.07) is 8.90. The molecule has 1 saturated carbocycles. The Hall–Kier alpha value is -3.47. The van der Waals surface area contributed by atoms with Crippen molar-refractivity contribution < 1.29 is 32.7 Å². The molecule has 242 valence electrons. The van der Waals surface area contributed by atoms with Crippen molar-refractivity contribution >= 4 is 31.7 Å². The maximum atomic E-state index is 14.1. The number of esters is 2. The quantitative estimate of drug-likeness (QED) is 0.164. The van der Waals surface area contributed by atoms with Gasteiger partial charge in [0.25, 0.3) is 0 Å². The molecule has 0 amide bonds. The van der Waals surface area contributed by atoms with Crippen LogP contribution in [0.25, 0.3) is 6.20 Å². The molecule has 3 rings (SSSR count). The fraction of sp³-hybridized carbons (Fsp3) is 0.548. The van der Waals surface area contributed by atoms with Gasteiger partial charge in [0.15, 0.2) is 0 Å². The average molecular weight is 633 g/mol. The molecule has 3 N–H and O–H groups in total. The standard InChI is InChI=1S/C31H45N4O8P/c1-6-11-24(12-7-2)19-40-29(37)23(5)34-44(39,43-26-13-9-8-10-14-26)42-21-31(20-41-28(36)22(3)4)17-25(31)18-35-16-15-27(32)33-30(35)38/h8-10,13-16,18,22-24H,6-7,11-12,17,19-21H2,1-5H3,(H,34,39)(H2,32,33,38)/b25-18-/t23-,31?,44?/m0/s1. The number of nitrogens with one attached hydrogen (secondary N) is 1. The number of anilines is 1. The van der Waals surface area contributed by atoms with Crippen LogP contribution in [0, 0.1) is 17.3 Å². The van der Waals surface area contributed by atoms with Gasteiger partial charge in [0.1, 0.15) is 24.2 Å². The van der Waals surface area contributed by atoms with Crippen LogP contribution in [0.15, 0.2) is 53.0 Å². The minimum atomic E-state index is -4.19. The molecule has 12 nitrogen and oxygen atoms in total. The van der Waals surface area contributed by atoms with E-state index in [2.05, 4.69) is 23.9 Å². The third kappa shape index (κ3) is 10.3. The average Bonchev–Trinajstić information content (AvgIpc) is 3.67. The van der Waals surface area contributed by atoms with Crippen molar-refractivity contribution in [1.82, 2.24) is 14.6 Å². The Bertz CT molecular complexity index is 1390. The summed E-state index contributed by atoms with van der Waals surface area (Å²) < 4.78 is 38.3. The van der Waals surface area contributed by atoms with E-state index < -0.39 is 36.8 Å². The smallest absolute Gasteiger partial charge is 0.459 e. The molecule has 3 atom stereocenters. The van der Waals surface area contributed by atoms with Crippen molar-refractivity contribution in [3.8, 4) is 5.75 Å². The van der Waals surface area contributed by atoms with E-state index in [1.807, 2.05) is 0 Å². The second kappa shape index (κ2) is 16.0. The lowest BCUT2D eigenvalue weighted by molar-refractivity contribution is -0.149. The van der Waals surface area contributed by atoms with Gasteiger partial charge in [0.2, 0.25) is 0 Å². The Morgan fingerprint density at radius 2 is 1.75 bits per heavy atom. The highest BCUT2D eigenvalue weighted by Gasteiger charge is 2.52. The van der Waals surface area contributed by atoms with E-state index >= 15 is 0 Å². The maximum absolute atomic E-state index is 14.1. The highest BCUT2D eigenvalue weighted by molar-refractivity contribution is 7.52. The summed E-state index contributed by atoms with van der Waals surface area (Å²) in [5.41, 5.74) is 4.85. The molecule has 2 unspecified atom stereocenters. The number of hydrogen-bond acceptors (Lipinski definition) is 10. The zero-order chi connectivity index (χ0) is 32.3. The normalized spacial score (nSPS) is 19.0. The van der Waals surface area contributed by atoms with Gasteiger partial charge in [-0.2, -0.15) is 10.1 Å². The van der Waals surface area contributed by atoms with Gasteiger partial charge in [0, 0.05) is 12.4 Å². The van der Waals surface area contributed by atoms with Crippen molar-refractivity contribution in [3.63, 3.8) is 0 Å². The third-order valence-electron chi connectivity index (χ3n) is 7.23. The summed E-state index contributed by atoms with van der Waals surface area (Å²) in [6.07, 6.45) is 7.29. The highest BCUT2D eigenvalue weighted by atomic mass is 31.2. The van der Waals surface area contributed by atoms with Crippen molar-refractivity contribution in [3.05, 3.63) is 58.7 Å². The number of nitrogen functional groups attached to an aromatic ring is 1. The molecule has 0 radical (unpaired) electrons. The summed E-state index contributed by atoms with van der Waals surface area (Å²) in [5, 5.41) is 2.72. The van der Waals surface area contributed by atoms with Crippen LogP contribution in [0.3, 0.4) is 0 Å². The first-order chi connectivity index (χ1) is 20.9. The number of hydrogen-bond donors (Lipinski definition) is 2. The van der Waals surface area contributed by atoms with Crippen LogP contribution in [0.4, 0.5) is 5.82 Å². The number of ether oxygens (including phenoxy) is 2. The molecule has 1 aliphatic carbocycles. The van der Waals surface area contributed by atoms with Crippen LogP contribution >= 0.6 is 7.75 Å². The van der Waals surface area contributed by atoms with Gasteiger partial charge in [-0.3, -0.25) is 18.7 Å². The number of aromatic nitrogens is 2. The summed E-state index contributed by atoms with van der Waals surface area (Å²) in [7, 11) is -4.19. The van der Waals surface area contributed by atoms with Crippen molar-refractivity contribution in [2.45, 2.75) is 72.8 Å². The number of benzene rings is 1. The number of para-hydroxylation sites is 1. The largest absolute Gasteiger partial charge is 0.464 e. The van der Waals surface area contributed by atoms with Gasteiger partial charge in [0.05, 0.1) is 24.5 Å². The zero-order valence-electron chi connectivity index (χ0n) is 26.2. The fourth-order valence-electron chi connectivity index (χ4n) is 4.56. The Labute approximate surface area is 258 Å². The van der Waals surface area contributed by atoms with Crippen molar-refractivity contribution in [2.75, 3.05) is 25.6 Å². The van der Waals surface area contributed by atoms with Gasteiger partial charge in [-0.25, -0.2) is 9.36 Å². The Kier molecular flexibility index (Phi) is 12.7. The summed E-state index contributed by atoms with van der Waals surface area (Å²) in [6.45, 7) is 9.14. The Morgan fingerprint density at radius 3 is 2.36 bits per heavy atom. The third-order valence-corrected chi connectivity index (χ3v) is 8.86. The van der Waals surface area contributed by atoms with Crippen LogP contribution in [0.5, 0.6) is 5.75 Å². The fourth-order valence-corrected chi connectivity index (χ4v) is 6.14. The molecule has 0 saturated heterocycles. The van der Waals surface area contributed by atoms with E-state index in [1.165, 1.54) is 23.8 Å². The van der Waals surface area contributed by atoms with Gasteiger partial charge < -0.3 is 19.7 Å². The number of nitrogens with two attached hydrogens (primary N) is 1. The Morgan fingerprint density at radius 1 is 1.07 bits per heavy atom. The lowest BCUT2D eigenvalue weighted by Gasteiger charge is -2.25. The van der Waals surface area contributed by atoms with Crippen molar-refractivity contribution in [1.29, 1.82) is 0 Å².